The van der Waals surface area contributed by atoms with E-state index in [2.05, 4.69) is 24.1 Å². The minimum atomic E-state index is -0.539. The highest BCUT2D eigenvalue weighted by Gasteiger charge is 2.64. The molecule has 4 heteroatoms. The van der Waals surface area contributed by atoms with Crippen molar-refractivity contribution in [3.05, 3.63) is 35.4 Å². The molecule has 0 radical (unpaired) electrons. The summed E-state index contributed by atoms with van der Waals surface area (Å²) in [6, 6.07) is 4.70. The van der Waals surface area contributed by atoms with E-state index in [1.54, 1.807) is 7.11 Å². The normalized spacial score (nSPS) is 41.0. The zero-order valence-corrected chi connectivity index (χ0v) is 13.0. The molecule has 1 N–H and O–H groups in total. The Morgan fingerprint density at radius 2 is 2.23 bits per heavy atom. The Balaban J connectivity index is 1.82. The van der Waals surface area contributed by atoms with Gasteiger partial charge in [0.2, 0.25) is 0 Å². The first-order chi connectivity index (χ1) is 10.7. The quantitative estimate of drug-likeness (QED) is 0.798. The topological polar surface area (TPSA) is 41.9 Å². The Morgan fingerprint density at radius 1 is 1.36 bits per heavy atom. The summed E-state index contributed by atoms with van der Waals surface area (Å²) < 4.78 is 11.8. The van der Waals surface area contributed by atoms with Crippen molar-refractivity contribution in [3.8, 4) is 11.5 Å². The van der Waals surface area contributed by atoms with Crippen LogP contribution in [0.3, 0.4) is 0 Å². The van der Waals surface area contributed by atoms with Crippen molar-refractivity contribution in [2.45, 2.75) is 36.5 Å². The van der Waals surface area contributed by atoms with Gasteiger partial charge in [0, 0.05) is 22.9 Å². The van der Waals surface area contributed by atoms with Gasteiger partial charge in [-0.05, 0) is 38.1 Å². The predicted octanol–water partition coefficient (Wildman–Crippen LogP) is 1.50. The van der Waals surface area contributed by atoms with Crippen molar-refractivity contribution in [2.24, 2.45) is 5.92 Å². The zero-order chi connectivity index (χ0) is 15.1. The van der Waals surface area contributed by atoms with Crippen LogP contribution in [0.4, 0.5) is 0 Å². The molecule has 1 aromatic rings. The second-order valence-electron chi connectivity index (χ2n) is 7.11. The van der Waals surface area contributed by atoms with Gasteiger partial charge in [-0.25, -0.2) is 0 Å². The summed E-state index contributed by atoms with van der Waals surface area (Å²) in [6.45, 7) is 1.05. The van der Waals surface area contributed by atoms with Crippen LogP contribution in [-0.4, -0.2) is 49.0 Å². The molecule has 2 aliphatic heterocycles. The summed E-state index contributed by atoms with van der Waals surface area (Å²) in [6.07, 6.45) is 5.54. The van der Waals surface area contributed by atoms with E-state index in [4.69, 9.17) is 9.47 Å². The first kappa shape index (κ1) is 13.0. The van der Waals surface area contributed by atoms with Gasteiger partial charge < -0.3 is 19.5 Å². The number of aliphatic hydroxyl groups excluding tert-OH is 1. The number of nitrogens with zero attached hydrogens (tertiary/aromatic N) is 1. The van der Waals surface area contributed by atoms with Gasteiger partial charge in [0.1, 0.15) is 12.2 Å². The Morgan fingerprint density at radius 3 is 3.05 bits per heavy atom. The maximum Gasteiger partial charge on any atom is 0.165 e. The second-order valence-corrected chi connectivity index (χ2v) is 7.11. The third kappa shape index (κ3) is 1.28. The number of hydrogen-bond acceptors (Lipinski definition) is 4. The summed E-state index contributed by atoms with van der Waals surface area (Å²) >= 11 is 0. The standard InChI is InChI=1S/C18H21NO3/c1-19-8-7-18-11-4-5-13(20)17(18)22-16-14(21-2)6-3-10(15(16)18)9-12(11)19/h3-6,11-13,17,20H,7-9H2,1-2H3/t11?,12-,13?,17?,18+/m1/s1. The molecule has 3 unspecified atom stereocenters. The fraction of sp³-hybridized carbons (Fsp3) is 0.556. The summed E-state index contributed by atoms with van der Waals surface area (Å²) in [7, 11) is 3.91. The highest BCUT2D eigenvalue weighted by Crippen LogP contribution is 2.62. The molecule has 0 amide bonds. The van der Waals surface area contributed by atoms with Gasteiger partial charge in [0.25, 0.3) is 0 Å². The number of rotatable bonds is 1. The lowest BCUT2D eigenvalue weighted by molar-refractivity contribution is -0.0453. The number of likely N-dealkylation sites (N-methyl/N-ethyl adjacent to an activating group) is 1. The van der Waals surface area contributed by atoms with Crippen molar-refractivity contribution in [3.63, 3.8) is 0 Å². The molecule has 1 aromatic carbocycles. The van der Waals surface area contributed by atoms with E-state index in [-0.39, 0.29) is 11.5 Å². The molecule has 0 saturated carbocycles. The van der Waals surface area contributed by atoms with Gasteiger partial charge in [-0.3, -0.25) is 0 Å². The van der Waals surface area contributed by atoms with E-state index in [1.165, 1.54) is 11.1 Å². The van der Waals surface area contributed by atoms with Gasteiger partial charge >= 0.3 is 0 Å². The van der Waals surface area contributed by atoms with Crippen molar-refractivity contribution in [1.29, 1.82) is 0 Å². The molecule has 1 fully saturated rings. The Kier molecular flexibility index (Phi) is 2.39. The van der Waals surface area contributed by atoms with E-state index < -0.39 is 6.10 Å². The largest absolute Gasteiger partial charge is 0.493 e. The van der Waals surface area contributed by atoms with Gasteiger partial charge in [-0.2, -0.15) is 0 Å². The van der Waals surface area contributed by atoms with Crippen LogP contribution in [-0.2, 0) is 11.8 Å². The number of hydrogen-bond donors (Lipinski definition) is 1. The van der Waals surface area contributed by atoms with Crippen LogP contribution in [0.1, 0.15) is 17.5 Å². The van der Waals surface area contributed by atoms with Crippen LogP contribution < -0.4 is 9.47 Å². The first-order valence-electron chi connectivity index (χ1n) is 8.10. The molecule has 5 atom stereocenters. The summed E-state index contributed by atoms with van der Waals surface area (Å²) in [4.78, 5) is 2.47. The Labute approximate surface area is 130 Å². The van der Waals surface area contributed by atoms with Crippen molar-refractivity contribution < 1.29 is 14.6 Å². The molecule has 2 bridgehead atoms. The van der Waals surface area contributed by atoms with Gasteiger partial charge in [0.05, 0.1) is 7.11 Å². The molecule has 2 heterocycles. The number of likely N-dealkylation sites (tertiary alicyclic amines) is 1. The fourth-order valence-electron chi connectivity index (χ4n) is 5.39. The molecule has 4 nitrogen and oxygen atoms in total. The van der Waals surface area contributed by atoms with E-state index in [1.807, 2.05) is 12.1 Å². The molecule has 5 rings (SSSR count). The summed E-state index contributed by atoms with van der Waals surface area (Å²) in [5.41, 5.74) is 2.60. The van der Waals surface area contributed by atoms with Crippen molar-refractivity contribution >= 4 is 0 Å². The lowest BCUT2D eigenvalue weighted by atomic mass is 9.53. The maximum absolute atomic E-state index is 10.6. The average Bonchev–Trinajstić information content (AvgIpc) is 2.88. The SMILES string of the molecule is COc1ccc2c3c1OC1C(O)C=CC4[C@@H](C2)N(C)CC[C@]314. The van der Waals surface area contributed by atoms with Crippen LogP contribution in [0.15, 0.2) is 24.3 Å². The molecule has 1 spiro atoms. The lowest BCUT2D eigenvalue weighted by Gasteiger charge is -2.56. The monoisotopic (exact) mass is 299 g/mol. The van der Waals surface area contributed by atoms with Crippen LogP contribution >= 0.6 is 0 Å². The van der Waals surface area contributed by atoms with E-state index in [0.717, 1.165) is 30.9 Å². The fourth-order valence-corrected chi connectivity index (χ4v) is 5.39. The molecule has 4 aliphatic rings. The van der Waals surface area contributed by atoms with Crippen molar-refractivity contribution in [2.75, 3.05) is 20.7 Å². The molecule has 116 valence electrons. The molecule has 2 aliphatic carbocycles. The van der Waals surface area contributed by atoms with Crippen LogP contribution in [0.5, 0.6) is 11.5 Å². The lowest BCUT2D eigenvalue weighted by Crippen LogP contribution is -2.64. The molecule has 0 aromatic heterocycles. The Bertz CT molecular complexity index is 685. The van der Waals surface area contributed by atoms with E-state index in [9.17, 15) is 5.11 Å². The first-order valence-corrected chi connectivity index (χ1v) is 8.10. The number of aliphatic hydroxyl groups is 1. The number of ether oxygens (including phenoxy) is 2. The van der Waals surface area contributed by atoms with Crippen LogP contribution in [0.2, 0.25) is 0 Å². The second kappa shape index (κ2) is 4.06. The highest BCUT2D eigenvalue weighted by molar-refractivity contribution is 5.62. The molecular formula is C18H21NO3. The number of methoxy groups -OCH3 is 1. The average molecular weight is 299 g/mol. The predicted molar refractivity (Wildman–Crippen MR) is 82.5 cm³/mol. The third-order valence-corrected chi connectivity index (χ3v) is 6.35. The zero-order valence-electron chi connectivity index (χ0n) is 13.0. The number of benzene rings is 1. The Hall–Kier alpha value is -1.52. The van der Waals surface area contributed by atoms with E-state index >= 15 is 0 Å². The van der Waals surface area contributed by atoms with Gasteiger partial charge in [0.15, 0.2) is 11.5 Å². The molecule has 22 heavy (non-hydrogen) atoms. The van der Waals surface area contributed by atoms with Gasteiger partial charge in [-0.15, -0.1) is 0 Å². The highest BCUT2D eigenvalue weighted by atomic mass is 16.5. The van der Waals surface area contributed by atoms with Crippen LogP contribution in [0, 0.1) is 5.92 Å². The summed E-state index contributed by atoms with van der Waals surface area (Å²) in [5, 5.41) is 10.6. The molecule has 1 saturated heterocycles. The maximum atomic E-state index is 10.6. The van der Waals surface area contributed by atoms with E-state index in [0.29, 0.717) is 12.0 Å². The van der Waals surface area contributed by atoms with Crippen LogP contribution in [0.25, 0.3) is 0 Å². The van der Waals surface area contributed by atoms with Crippen molar-refractivity contribution in [1.82, 2.24) is 4.90 Å². The number of piperidine rings is 1. The third-order valence-electron chi connectivity index (χ3n) is 6.35. The summed E-state index contributed by atoms with van der Waals surface area (Å²) in [5.74, 6) is 2.09. The van der Waals surface area contributed by atoms with Gasteiger partial charge in [-0.1, -0.05) is 18.2 Å². The molecular weight excluding hydrogens is 278 g/mol. The minimum absolute atomic E-state index is 0.0806. The minimum Gasteiger partial charge on any atom is -0.493 e. The smallest absolute Gasteiger partial charge is 0.165 e.